The molecule has 6 heteroatoms. The Balaban J connectivity index is 1.84. The molecule has 3 nitrogen and oxygen atoms in total. The summed E-state index contributed by atoms with van der Waals surface area (Å²) in [6, 6.07) is 0. The van der Waals surface area contributed by atoms with Gasteiger partial charge in [-0.05, 0) is 0 Å². The van der Waals surface area contributed by atoms with Crippen LogP contribution in [0.1, 0.15) is 0 Å². The third kappa shape index (κ3) is 3.43. The number of aromatic nitrogens is 2. The van der Waals surface area contributed by atoms with Gasteiger partial charge in [0.2, 0.25) is 0 Å². The maximum Gasteiger partial charge on any atom is 0.171 e. The van der Waals surface area contributed by atoms with Crippen molar-refractivity contribution >= 4 is 40.9 Å². The molecule has 82 valence electrons. The van der Waals surface area contributed by atoms with Gasteiger partial charge in [-0.1, -0.05) is 11.6 Å². The summed E-state index contributed by atoms with van der Waals surface area (Å²) in [5, 5.41) is 4.35. The summed E-state index contributed by atoms with van der Waals surface area (Å²) in [4.78, 5) is 8.11. The molecule has 0 bridgehead atoms. The van der Waals surface area contributed by atoms with Crippen molar-refractivity contribution in [2.24, 2.45) is 0 Å². The molecule has 0 aliphatic carbocycles. The predicted molar refractivity (Wildman–Crippen MR) is 69.1 cm³/mol. The maximum atomic E-state index is 5.89. The molecule has 0 amide bonds. The number of anilines is 1. The standard InChI is InChI=1S/C9H12ClN3S2/c10-8-9(12-2-1-11-8)13-5-7-6-14-3-4-15-7/h1-2,7H,3-6H2,(H,12,13). The number of halogens is 1. The van der Waals surface area contributed by atoms with Gasteiger partial charge < -0.3 is 5.32 Å². The molecule has 0 saturated carbocycles. The van der Waals surface area contributed by atoms with Gasteiger partial charge in [0.15, 0.2) is 11.0 Å². The summed E-state index contributed by atoms with van der Waals surface area (Å²) in [7, 11) is 0. The number of hydrogen-bond donors (Lipinski definition) is 1. The van der Waals surface area contributed by atoms with Gasteiger partial charge in [0.25, 0.3) is 0 Å². The minimum atomic E-state index is 0.450. The minimum Gasteiger partial charge on any atom is -0.366 e. The zero-order valence-electron chi connectivity index (χ0n) is 8.15. The number of nitrogens with one attached hydrogen (secondary N) is 1. The van der Waals surface area contributed by atoms with E-state index in [1.54, 1.807) is 12.4 Å². The van der Waals surface area contributed by atoms with Gasteiger partial charge in [-0.25, -0.2) is 9.97 Å². The quantitative estimate of drug-likeness (QED) is 0.905. The van der Waals surface area contributed by atoms with E-state index in [0.29, 0.717) is 16.2 Å². The molecular formula is C9H12ClN3S2. The number of hydrogen-bond acceptors (Lipinski definition) is 5. The zero-order chi connectivity index (χ0) is 10.5. The summed E-state index contributed by atoms with van der Waals surface area (Å²) in [6.07, 6.45) is 3.25. The van der Waals surface area contributed by atoms with Crippen molar-refractivity contribution < 1.29 is 0 Å². The number of thioether (sulfide) groups is 2. The highest BCUT2D eigenvalue weighted by atomic mass is 35.5. The van der Waals surface area contributed by atoms with Crippen molar-refractivity contribution in [1.82, 2.24) is 9.97 Å². The van der Waals surface area contributed by atoms with E-state index in [1.165, 1.54) is 17.3 Å². The van der Waals surface area contributed by atoms with Gasteiger partial charge in [-0.3, -0.25) is 0 Å². The lowest BCUT2D eigenvalue weighted by molar-refractivity contribution is 0.987. The fourth-order valence-corrected chi connectivity index (χ4v) is 4.09. The third-order valence-electron chi connectivity index (χ3n) is 2.04. The minimum absolute atomic E-state index is 0.450. The SMILES string of the molecule is Clc1nccnc1NCC1CSCCS1. The third-order valence-corrected chi connectivity index (χ3v) is 5.16. The van der Waals surface area contributed by atoms with E-state index >= 15 is 0 Å². The molecule has 1 saturated heterocycles. The zero-order valence-corrected chi connectivity index (χ0v) is 10.5. The van der Waals surface area contributed by atoms with E-state index < -0.39 is 0 Å². The topological polar surface area (TPSA) is 37.8 Å². The van der Waals surface area contributed by atoms with E-state index in [4.69, 9.17) is 11.6 Å². The van der Waals surface area contributed by atoms with Crippen molar-refractivity contribution in [2.75, 3.05) is 29.1 Å². The predicted octanol–water partition coefficient (Wildman–Crippen LogP) is 2.39. The molecule has 0 aromatic carbocycles. The van der Waals surface area contributed by atoms with Gasteiger partial charge in [-0.15, -0.1) is 0 Å². The number of nitrogens with zero attached hydrogens (tertiary/aromatic N) is 2. The smallest absolute Gasteiger partial charge is 0.171 e. The summed E-state index contributed by atoms with van der Waals surface area (Å²) >= 11 is 9.92. The van der Waals surface area contributed by atoms with Gasteiger partial charge in [0.05, 0.1) is 0 Å². The molecule has 1 aromatic heterocycles. The first-order chi connectivity index (χ1) is 7.36. The van der Waals surface area contributed by atoms with Gasteiger partial charge >= 0.3 is 0 Å². The van der Waals surface area contributed by atoms with E-state index in [0.717, 1.165) is 6.54 Å². The lowest BCUT2D eigenvalue weighted by atomic mass is 10.4. The molecule has 1 aliphatic heterocycles. The second-order valence-electron chi connectivity index (χ2n) is 3.14. The molecule has 0 spiro atoms. The Hall–Kier alpha value is -0.130. The normalized spacial score (nSPS) is 21.3. The molecular weight excluding hydrogens is 250 g/mol. The first kappa shape index (κ1) is 11.4. The van der Waals surface area contributed by atoms with Crippen LogP contribution in [0, 0.1) is 0 Å². The average molecular weight is 262 g/mol. The molecule has 1 aliphatic rings. The Bertz CT molecular complexity index is 318. The Morgan fingerprint density at radius 2 is 2.27 bits per heavy atom. The summed E-state index contributed by atoms with van der Waals surface area (Å²) in [5.41, 5.74) is 0. The fourth-order valence-electron chi connectivity index (χ4n) is 1.30. The Morgan fingerprint density at radius 1 is 1.40 bits per heavy atom. The second-order valence-corrected chi connectivity index (χ2v) is 6.06. The first-order valence-corrected chi connectivity index (χ1v) is 7.34. The lowest BCUT2D eigenvalue weighted by Gasteiger charge is -2.21. The summed E-state index contributed by atoms with van der Waals surface area (Å²) < 4.78 is 0. The van der Waals surface area contributed by atoms with Crippen molar-refractivity contribution in [2.45, 2.75) is 5.25 Å². The van der Waals surface area contributed by atoms with Gasteiger partial charge in [-0.2, -0.15) is 23.5 Å². The van der Waals surface area contributed by atoms with Crippen LogP contribution in [0.15, 0.2) is 12.4 Å². The van der Waals surface area contributed by atoms with Crippen LogP contribution < -0.4 is 5.32 Å². The highest BCUT2D eigenvalue weighted by molar-refractivity contribution is 8.06. The summed E-state index contributed by atoms with van der Waals surface area (Å²) in [6.45, 7) is 0.913. The van der Waals surface area contributed by atoms with Crippen LogP contribution in [0.25, 0.3) is 0 Å². The van der Waals surface area contributed by atoms with Crippen LogP contribution in [0.5, 0.6) is 0 Å². The van der Waals surface area contributed by atoms with E-state index in [9.17, 15) is 0 Å². The second kappa shape index (κ2) is 5.82. The summed E-state index contributed by atoms with van der Waals surface area (Å²) in [5.74, 6) is 4.41. The van der Waals surface area contributed by atoms with Gasteiger partial charge in [0, 0.05) is 41.4 Å². The van der Waals surface area contributed by atoms with Crippen LogP contribution in [0.2, 0.25) is 5.15 Å². The molecule has 1 fully saturated rings. The monoisotopic (exact) mass is 261 g/mol. The van der Waals surface area contributed by atoms with Crippen molar-refractivity contribution in [3.63, 3.8) is 0 Å². The highest BCUT2D eigenvalue weighted by Crippen LogP contribution is 2.24. The van der Waals surface area contributed by atoms with Crippen molar-refractivity contribution in [3.8, 4) is 0 Å². The largest absolute Gasteiger partial charge is 0.366 e. The van der Waals surface area contributed by atoms with Crippen molar-refractivity contribution in [3.05, 3.63) is 17.5 Å². The average Bonchev–Trinajstić information content (AvgIpc) is 2.29. The molecule has 2 rings (SSSR count). The van der Waals surface area contributed by atoms with Crippen LogP contribution in [-0.4, -0.2) is 39.0 Å². The van der Waals surface area contributed by atoms with Crippen LogP contribution in [0.4, 0.5) is 5.82 Å². The van der Waals surface area contributed by atoms with Crippen LogP contribution in [0.3, 0.4) is 0 Å². The molecule has 1 aromatic rings. The molecule has 2 heterocycles. The van der Waals surface area contributed by atoms with E-state index in [2.05, 4.69) is 15.3 Å². The van der Waals surface area contributed by atoms with E-state index in [1.807, 2.05) is 23.5 Å². The molecule has 1 atom stereocenters. The number of rotatable bonds is 3. The Morgan fingerprint density at radius 3 is 3.00 bits per heavy atom. The van der Waals surface area contributed by atoms with Crippen LogP contribution in [-0.2, 0) is 0 Å². The maximum absolute atomic E-state index is 5.89. The molecule has 0 radical (unpaired) electrons. The highest BCUT2D eigenvalue weighted by Gasteiger charge is 2.14. The fraction of sp³-hybridized carbons (Fsp3) is 0.556. The van der Waals surface area contributed by atoms with Crippen LogP contribution >= 0.6 is 35.1 Å². The first-order valence-electron chi connectivity index (χ1n) is 4.76. The Kier molecular flexibility index (Phi) is 4.41. The van der Waals surface area contributed by atoms with Crippen molar-refractivity contribution in [1.29, 1.82) is 0 Å². The van der Waals surface area contributed by atoms with E-state index in [-0.39, 0.29) is 0 Å². The lowest BCUT2D eigenvalue weighted by Crippen LogP contribution is -2.23. The molecule has 1 unspecified atom stereocenters. The van der Waals surface area contributed by atoms with Gasteiger partial charge in [0.1, 0.15) is 0 Å². The molecule has 15 heavy (non-hydrogen) atoms. The Labute approximate surface area is 103 Å². The molecule has 1 N–H and O–H groups in total.